The van der Waals surface area contributed by atoms with Gasteiger partial charge in [0.1, 0.15) is 0 Å². The third-order valence-corrected chi connectivity index (χ3v) is 2.69. The highest BCUT2D eigenvalue weighted by atomic mass is 16.3. The summed E-state index contributed by atoms with van der Waals surface area (Å²) in [5.74, 6) is 0. The van der Waals surface area contributed by atoms with Crippen molar-refractivity contribution in [1.29, 1.82) is 0 Å². The van der Waals surface area contributed by atoms with Crippen LogP contribution >= 0.6 is 0 Å². The van der Waals surface area contributed by atoms with Crippen molar-refractivity contribution in [3.63, 3.8) is 0 Å². The Hall–Kier alpha value is -0.160. The zero-order chi connectivity index (χ0) is 8.01. The first-order valence-electron chi connectivity index (χ1n) is 3.98. The lowest BCUT2D eigenvalue weighted by Gasteiger charge is -2.18. The van der Waals surface area contributed by atoms with E-state index < -0.39 is 18.3 Å². The van der Waals surface area contributed by atoms with Gasteiger partial charge in [0.25, 0.3) is 0 Å². The Balaban J connectivity index is 2.13. The van der Waals surface area contributed by atoms with Crippen molar-refractivity contribution in [3.8, 4) is 0 Å². The van der Waals surface area contributed by atoms with Gasteiger partial charge in [-0.15, -0.1) is 0 Å². The summed E-state index contributed by atoms with van der Waals surface area (Å²) in [6, 6.07) is -0.218. The van der Waals surface area contributed by atoms with Gasteiger partial charge in [0, 0.05) is 13.1 Å². The highest BCUT2D eigenvalue weighted by Gasteiger charge is 2.47. The quantitative estimate of drug-likeness (QED) is 0.388. The summed E-state index contributed by atoms with van der Waals surface area (Å²) in [4.78, 5) is 1.94. The van der Waals surface area contributed by atoms with Crippen LogP contribution in [0.4, 0.5) is 0 Å². The molecule has 0 aromatic rings. The minimum Gasteiger partial charge on any atom is -0.391 e. The predicted octanol–water partition coefficient (Wildman–Crippen LogP) is -1.84. The molecule has 0 unspecified atom stereocenters. The second-order valence-electron chi connectivity index (χ2n) is 3.40. The number of nitrogens with zero attached hydrogens (tertiary/aromatic N) is 1. The van der Waals surface area contributed by atoms with Crippen molar-refractivity contribution < 1.29 is 15.3 Å². The average molecular weight is 159 g/mol. The summed E-state index contributed by atoms with van der Waals surface area (Å²) in [6.07, 6.45) is -1.17. The van der Waals surface area contributed by atoms with E-state index in [1.165, 1.54) is 0 Å². The molecule has 0 aliphatic carbocycles. The number of aliphatic hydroxyl groups excluding tert-OH is 3. The number of aliphatic hydroxyl groups is 3. The smallest absolute Gasteiger partial charge is 0.0991 e. The fourth-order valence-electron chi connectivity index (χ4n) is 2.09. The largest absolute Gasteiger partial charge is 0.391 e. The van der Waals surface area contributed by atoms with Gasteiger partial charge < -0.3 is 15.3 Å². The van der Waals surface area contributed by atoms with Crippen LogP contribution in [0.2, 0.25) is 0 Å². The Morgan fingerprint density at radius 3 is 2.45 bits per heavy atom. The summed E-state index contributed by atoms with van der Waals surface area (Å²) < 4.78 is 0. The van der Waals surface area contributed by atoms with E-state index in [1.807, 2.05) is 4.90 Å². The molecule has 2 aliphatic heterocycles. The molecule has 0 aromatic carbocycles. The molecule has 3 N–H and O–H groups in total. The molecule has 0 bridgehead atoms. The van der Waals surface area contributed by atoms with Gasteiger partial charge in [0.05, 0.1) is 24.4 Å². The van der Waals surface area contributed by atoms with Crippen molar-refractivity contribution >= 4 is 0 Å². The van der Waals surface area contributed by atoms with Gasteiger partial charge in [-0.05, 0) is 6.42 Å². The van der Waals surface area contributed by atoms with Crippen molar-refractivity contribution in [3.05, 3.63) is 0 Å². The maximum absolute atomic E-state index is 9.39. The van der Waals surface area contributed by atoms with Crippen LogP contribution in [0.1, 0.15) is 6.42 Å². The van der Waals surface area contributed by atoms with Gasteiger partial charge in [0.2, 0.25) is 0 Å². The molecule has 0 spiro atoms. The lowest BCUT2D eigenvalue weighted by Crippen LogP contribution is -2.38. The Bertz CT molecular complexity index is 162. The monoisotopic (exact) mass is 159 g/mol. The Morgan fingerprint density at radius 1 is 1.09 bits per heavy atom. The van der Waals surface area contributed by atoms with Crippen LogP contribution in [0.5, 0.6) is 0 Å². The molecule has 2 rings (SSSR count). The second kappa shape index (κ2) is 2.42. The average Bonchev–Trinajstić information content (AvgIpc) is 2.41. The van der Waals surface area contributed by atoms with E-state index in [0.29, 0.717) is 13.0 Å². The lowest BCUT2D eigenvalue weighted by molar-refractivity contribution is 0.00792. The summed E-state index contributed by atoms with van der Waals surface area (Å²) in [6.45, 7) is 1.29. The van der Waals surface area contributed by atoms with Crippen LogP contribution in [0.25, 0.3) is 0 Å². The highest BCUT2D eigenvalue weighted by molar-refractivity contribution is 5.01. The SMILES string of the molecule is O[C@H]1[C@H]2[C@H](O)CCN2C[C@H]1O. The molecule has 2 heterocycles. The fraction of sp³-hybridized carbons (Fsp3) is 1.00. The lowest BCUT2D eigenvalue weighted by atomic mass is 10.1. The van der Waals surface area contributed by atoms with E-state index in [1.54, 1.807) is 0 Å². The summed E-state index contributed by atoms with van der Waals surface area (Å²) in [7, 11) is 0. The maximum Gasteiger partial charge on any atom is 0.0991 e. The standard InChI is InChI=1S/C7H13NO3/c9-4-1-2-8-3-5(10)7(11)6(4)8/h4-7,9-11H,1-3H2/t4-,5-,6-,7-/m1/s1. The summed E-state index contributed by atoms with van der Waals surface area (Å²) in [5.41, 5.74) is 0. The van der Waals surface area contributed by atoms with E-state index in [4.69, 9.17) is 0 Å². The van der Waals surface area contributed by atoms with Crippen molar-refractivity contribution in [2.24, 2.45) is 0 Å². The molecule has 64 valence electrons. The number of fused-ring (bicyclic) bond motifs is 1. The molecular formula is C7H13NO3. The van der Waals surface area contributed by atoms with Gasteiger partial charge in [-0.3, -0.25) is 4.90 Å². The number of hydrogen-bond donors (Lipinski definition) is 3. The minimum absolute atomic E-state index is 0.218. The summed E-state index contributed by atoms with van der Waals surface area (Å²) in [5, 5.41) is 28.0. The normalized spacial score (nSPS) is 51.5. The first kappa shape index (κ1) is 7.49. The van der Waals surface area contributed by atoms with Crippen molar-refractivity contribution in [2.75, 3.05) is 13.1 Å². The second-order valence-corrected chi connectivity index (χ2v) is 3.40. The zero-order valence-corrected chi connectivity index (χ0v) is 6.22. The number of hydrogen-bond acceptors (Lipinski definition) is 4. The van der Waals surface area contributed by atoms with Crippen molar-refractivity contribution in [1.82, 2.24) is 4.90 Å². The Morgan fingerprint density at radius 2 is 1.82 bits per heavy atom. The third-order valence-electron chi connectivity index (χ3n) is 2.69. The van der Waals surface area contributed by atoms with E-state index in [9.17, 15) is 15.3 Å². The van der Waals surface area contributed by atoms with Crippen LogP contribution in [-0.2, 0) is 0 Å². The maximum atomic E-state index is 9.39. The first-order chi connectivity index (χ1) is 5.20. The minimum atomic E-state index is -0.757. The van der Waals surface area contributed by atoms with E-state index >= 15 is 0 Å². The van der Waals surface area contributed by atoms with Crippen LogP contribution in [0, 0.1) is 0 Å². The van der Waals surface area contributed by atoms with Crippen LogP contribution in [-0.4, -0.2) is 57.7 Å². The zero-order valence-electron chi connectivity index (χ0n) is 6.22. The van der Waals surface area contributed by atoms with Gasteiger partial charge in [0.15, 0.2) is 0 Å². The molecule has 2 saturated heterocycles. The molecule has 4 nitrogen and oxygen atoms in total. The van der Waals surface area contributed by atoms with Gasteiger partial charge in [-0.2, -0.15) is 0 Å². The molecule has 0 aromatic heterocycles. The molecule has 0 saturated carbocycles. The van der Waals surface area contributed by atoms with Gasteiger partial charge in [-0.1, -0.05) is 0 Å². The molecule has 4 atom stereocenters. The Kier molecular flexibility index (Phi) is 1.64. The molecule has 2 aliphatic rings. The molecule has 4 heteroatoms. The third kappa shape index (κ3) is 0.980. The molecular weight excluding hydrogens is 146 g/mol. The molecule has 2 fully saturated rings. The Labute approximate surface area is 65.1 Å². The highest BCUT2D eigenvalue weighted by Crippen LogP contribution is 2.28. The van der Waals surface area contributed by atoms with E-state index in [2.05, 4.69) is 0 Å². The molecule has 0 amide bonds. The predicted molar refractivity (Wildman–Crippen MR) is 38.0 cm³/mol. The van der Waals surface area contributed by atoms with Gasteiger partial charge >= 0.3 is 0 Å². The topological polar surface area (TPSA) is 63.9 Å². The van der Waals surface area contributed by atoms with Crippen LogP contribution < -0.4 is 0 Å². The summed E-state index contributed by atoms with van der Waals surface area (Å²) >= 11 is 0. The van der Waals surface area contributed by atoms with Gasteiger partial charge in [-0.25, -0.2) is 0 Å². The molecule has 11 heavy (non-hydrogen) atoms. The van der Waals surface area contributed by atoms with E-state index in [-0.39, 0.29) is 6.04 Å². The molecule has 0 radical (unpaired) electrons. The fourth-order valence-corrected chi connectivity index (χ4v) is 2.09. The first-order valence-corrected chi connectivity index (χ1v) is 3.98. The van der Waals surface area contributed by atoms with Crippen LogP contribution in [0.15, 0.2) is 0 Å². The van der Waals surface area contributed by atoms with Crippen molar-refractivity contribution in [2.45, 2.75) is 30.8 Å². The van der Waals surface area contributed by atoms with E-state index in [0.717, 1.165) is 6.54 Å². The number of rotatable bonds is 0. The van der Waals surface area contributed by atoms with Crippen LogP contribution in [0.3, 0.4) is 0 Å².